The number of nitrogens with zero attached hydrogens (tertiary/aromatic N) is 1. The Morgan fingerprint density at radius 1 is 1.33 bits per heavy atom. The number of ether oxygens (including phenoxy) is 1. The fraction of sp³-hybridized carbons (Fsp3) is 0.385. The molecule has 1 amide bonds. The van der Waals surface area contributed by atoms with Gasteiger partial charge >= 0.3 is 6.09 Å². The molecule has 1 fully saturated rings. The van der Waals surface area contributed by atoms with Crippen molar-refractivity contribution in [2.75, 3.05) is 19.7 Å². The molecule has 0 atom stereocenters. The molecular weight excluding hydrogens is 254 g/mol. The first-order valence-corrected chi connectivity index (χ1v) is 6.21. The molecule has 1 aromatic carbocycles. The fourth-order valence-electron chi connectivity index (χ4n) is 1.80. The molecule has 18 heavy (non-hydrogen) atoms. The molecule has 2 rings (SSSR count). The van der Waals surface area contributed by atoms with Crippen molar-refractivity contribution in [1.82, 2.24) is 4.90 Å². The normalized spacial score (nSPS) is 14.7. The summed E-state index contributed by atoms with van der Waals surface area (Å²) in [4.78, 5) is 24.3. The molecule has 0 saturated carbocycles. The van der Waals surface area contributed by atoms with Crippen molar-refractivity contribution >= 4 is 23.5 Å². The molecule has 5 heteroatoms. The Balaban J connectivity index is 1.78. The lowest BCUT2D eigenvalue weighted by Crippen LogP contribution is -2.30. The first kappa shape index (κ1) is 12.9. The number of cyclic esters (lactones) is 1. The van der Waals surface area contributed by atoms with Crippen molar-refractivity contribution in [2.24, 2.45) is 0 Å². The van der Waals surface area contributed by atoms with E-state index >= 15 is 0 Å². The van der Waals surface area contributed by atoms with E-state index in [2.05, 4.69) is 0 Å². The molecule has 1 aliphatic rings. The average molecular weight is 268 g/mol. The topological polar surface area (TPSA) is 46.6 Å². The summed E-state index contributed by atoms with van der Waals surface area (Å²) in [7, 11) is 0. The number of carbonyl (C=O) groups is 2. The van der Waals surface area contributed by atoms with Gasteiger partial charge in [0.2, 0.25) is 0 Å². The van der Waals surface area contributed by atoms with E-state index < -0.39 is 6.09 Å². The Labute approximate surface area is 110 Å². The standard InChI is InChI=1S/C13H14ClNO3/c14-11-4-1-10(2-5-11)3-6-12(16)9-15-7-8-18-13(15)17/h1-2,4-5H,3,6-9H2. The van der Waals surface area contributed by atoms with Crippen LogP contribution < -0.4 is 0 Å². The van der Waals surface area contributed by atoms with Gasteiger partial charge in [0, 0.05) is 11.4 Å². The molecule has 1 aliphatic heterocycles. The number of benzene rings is 1. The van der Waals surface area contributed by atoms with Crippen molar-refractivity contribution in [3.63, 3.8) is 0 Å². The van der Waals surface area contributed by atoms with Gasteiger partial charge in [-0.25, -0.2) is 4.79 Å². The van der Waals surface area contributed by atoms with E-state index in [-0.39, 0.29) is 12.3 Å². The zero-order valence-corrected chi connectivity index (χ0v) is 10.7. The van der Waals surface area contributed by atoms with Gasteiger partial charge in [-0.05, 0) is 24.1 Å². The third-order valence-corrected chi connectivity index (χ3v) is 3.07. The zero-order valence-electron chi connectivity index (χ0n) is 9.89. The molecular formula is C13H14ClNO3. The highest BCUT2D eigenvalue weighted by Gasteiger charge is 2.23. The summed E-state index contributed by atoms with van der Waals surface area (Å²) in [6, 6.07) is 7.41. The number of Topliss-reactive ketones (excluding diaryl/α,β-unsaturated/α-hetero) is 1. The molecule has 0 N–H and O–H groups in total. The molecule has 0 unspecified atom stereocenters. The number of aryl methyl sites for hydroxylation is 1. The number of ketones is 1. The van der Waals surface area contributed by atoms with E-state index in [1.807, 2.05) is 12.1 Å². The van der Waals surface area contributed by atoms with E-state index in [0.29, 0.717) is 31.0 Å². The molecule has 4 nitrogen and oxygen atoms in total. The van der Waals surface area contributed by atoms with Crippen LogP contribution >= 0.6 is 11.6 Å². The van der Waals surface area contributed by atoms with Gasteiger partial charge in [0.05, 0.1) is 13.1 Å². The minimum absolute atomic E-state index is 0.0452. The van der Waals surface area contributed by atoms with Crippen LogP contribution in [0.25, 0.3) is 0 Å². The molecule has 0 aliphatic carbocycles. The minimum Gasteiger partial charge on any atom is -0.448 e. The fourth-order valence-corrected chi connectivity index (χ4v) is 1.92. The molecule has 1 saturated heterocycles. The number of carbonyl (C=O) groups excluding carboxylic acids is 2. The molecule has 1 aromatic rings. The molecule has 0 aromatic heterocycles. The predicted molar refractivity (Wildman–Crippen MR) is 67.7 cm³/mol. The highest BCUT2D eigenvalue weighted by molar-refractivity contribution is 6.30. The second-order valence-corrected chi connectivity index (χ2v) is 4.64. The van der Waals surface area contributed by atoms with Crippen molar-refractivity contribution in [2.45, 2.75) is 12.8 Å². The lowest BCUT2D eigenvalue weighted by Gasteiger charge is -2.11. The molecule has 0 spiro atoms. The summed E-state index contributed by atoms with van der Waals surface area (Å²) in [6.07, 6.45) is 0.694. The van der Waals surface area contributed by atoms with E-state index in [4.69, 9.17) is 16.3 Å². The van der Waals surface area contributed by atoms with Crippen LogP contribution in [0.15, 0.2) is 24.3 Å². The van der Waals surface area contributed by atoms with Gasteiger partial charge < -0.3 is 4.74 Å². The van der Waals surface area contributed by atoms with Crippen molar-refractivity contribution in [1.29, 1.82) is 0 Å². The van der Waals surface area contributed by atoms with Gasteiger partial charge in [-0.15, -0.1) is 0 Å². The second-order valence-electron chi connectivity index (χ2n) is 4.20. The number of hydrogen-bond acceptors (Lipinski definition) is 3. The summed E-state index contributed by atoms with van der Waals surface area (Å²) in [5.74, 6) is 0.0452. The van der Waals surface area contributed by atoms with Crippen LogP contribution in [-0.2, 0) is 16.0 Å². The van der Waals surface area contributed by atoms with Crippen LogP contribution in [0, 0.1) is 0 Å². The Hall–Kier alpha value is -1.55. The maximum Gasteiger partial charge on any atom is 0.410 e. The van der Waals surface area contributed by atoms with E-state index in [0.717, 1.165) is 5.56 Å². The van der Waals surface area contributed by atoms with Gasteiger partial charge in [-0.1, -0.05) is 23.7 Å². The van der Waals surface area contributed by atoms with Gasteiger partial charge in [0.15, 0.2) is 5.78 Å². The van der Waals surface area contributed by atoms with Crippen molar-refractivity contribution in [3.05, 3.63) is 34.9 Å². The number of hydrogen-bond donors (Lipinski definition) is 0. The number of rotatable bonds is 5. The van der Waals surface area contributed by atoms with Crippen LogP contribution in [0.4, 0.5) is 4.79 Å². The maximum absolute atomic E-state index is 11.7. The van der Waals surface area contributed by atoms with Crippen LogP contribution in [0.1, 0.15) is 12.0 Å². The Kier molecular flexibility index (Phi) is 4.20. The smallest absolute Gasteiger partial charge is 0.410 e. The summed E-state index contributed by atoms with van der Waals surface area (Å²) < 4.78 is 4.76. The van der Waals surface area contributed by atoms with E-state index in [1.165, 1.54) is 4.90 Å². The lowest BCUT2D eigenvalue weighted by molar-refractivity contribution is -0.119. The van der Waals surface area contributed by atoms with Crippen LogP contribution in [0.3, 0.4) is 0 Å². The molecule has 1 heterocycles. The summed E-state index contributed by atoms with van der Waals surface area (Å²) in [5.41, 5.74) is 1.07. The predicted octanol–water partition coefficient (Wildman–Crippen LogP) is 2.29. The highest BCUT2D eigenvalue weighted by Crippen LogP contribution is 2.11. The minimum atomic E-state index is -0.394. The second kappa shape index (κ2) is 5.87. The average Bonchev–Trinajstić information content (AvgIpc) is 2.74. The van der Waals surface area contributed by atoms with Gasteiger partial charge in [-0.2, -0.15) is 0 Å². The zero-order chi connectivity index (χ0) is 13.0. The van der Waals surface area contributed by atoms with Gasteiger partial charge in [0.25, 0.3) is 0 Å². The Morgan fingerprint density at radius 2 is 2.06 bits per heavy atom. The Bertz CT molecular complexity index is 444. The van der Waals surface area contributed by atoms with Crippen molar-refractivity contribution < 1.29 is 14.3 Å². The van der Waals surface area contributed by atoms with Crippen LogP contribution in [0.2, 0.25) is 5.02 Å². The van der Waals surface area contributed by atoms with Crippen molar-refractivity contribution in [3.8, 4) is 0 Å². The summed E-state index contributed by atoms with van der Waals surface area (Å²) >= 11 is 5.78. The van der Waals surface area contributed by atoms with Crippen LogP contribution in [-0.4, -0.2) is 36.5 Å². The largest absolute Gasteiger partial charge is 0.448 e. The third kappa shape index (κ3) is 3.47. The Morgan fingerprint density at radius 3 is 2.67 bits per heavy atom. The van der Waals surface area contributed by atoms with Gasteiger partial charge in [-0.3, -0.25) is 9.69 Å². The summed E-state index contributed by atoms with van der Waals surface area (Å²) in [5, 5.41) is 0.685. The molecule has 0 radical (unpaired) electrons. The lowest BCUT2D eigenvalue weighted by atomic mass is 10.1. The van der Waals surface area contributed by atoms with E-state index in [9.17, 15) is 9.59 Å². The maximum atomic E-state index is 11.7. The van der Waals surface area contributed by atoms with E-state index in [1.54, 1.807) is 12.1 Å². The first-order valence-electron chi connectivity index (χ1n) is 5.83. The quantitative estimate of drug-likeness (QED) is 0.822. The first-order chi connectivity index (χ1) is 8.65. The van der Waals surface area contributed by atoms with Gasteiger partial charge in [0.1, 0.15) is 6.61 Å². The SMILES string of the molecule is O=C(CCc1ccc(Cl)cc1)CN1CCOC1=O. The number of amides is 1. The summed E-state index contributed by atoms with van der Waals surface area (Å²) in [6.45, 7) is 1.03. The highest BCUT2D eigenvalue weighted by atomic mass is 35.5. The molecule has 0 bridgehead atoms. The number of halogens is 1. The monoisotopic (exact) mass is 267 g/mol. The molecule has 96 valence electrons. The third-order valence-electron chi connectivity index (χ3n) is 2.82. The van der Waals surface area contributed by atoms with Crippen LogP contribution in [0.5, 0.6) is 0 Å².